The number of methoxy groups -OCH3 is 1. The standard InChI is InChI=1S/C15H19N3O3S/c1-11(14-5-3-4-6-15(14)21-2)22(19,20)10-12-9-18(17-16-12)13-7-8-13/h3-6,9,11,13H,7-8,10H2,1-2H3. The molecule has 1 aliphatic rings. The second-order valence-corrected chi connectivity index (χ2v) is 7.93. The molecule has 1 aromatic heterocycles. The van der Waals surface area contributed by atoms with E-state index in [2.05, 4.69) is 10.3 Å². The van der Waals surface area contributed by atoms with Gasteiger partial charge in [-0.05, 0) is 25.8 Å². The molecule has 0 saturated heterocycles. The molecule has 0 N–H and O–H groups in total. The smallest absolute Gasteiger partial charge is 0.162 e. The van der Waals surface area contributed by atoms with Crippen LogP contribution in [0.3, 0.4) is 0 Å². The molecule has 1 aromatic carbocycles. The first kappa shape index (κ1) is 15.0. The summed E-state index contributed by atoms with van der Waals surface area (Å²) in [6.45, 7) is 1.68. The van der Waals surface area contributed by atoms with E-state index in [0.29, 0.717) is 23.0 Å². The molecule has 0 radical (unpaired) electrons. The summed E-state index contributed by atoms with van der Waals surface area (Å²) in [7, 11) is -1.85. The van der Waals surface area contributed by atoms with Gasteiger partial charge in [0.05, 0.1) is 29.8 Å². The summed E-state index contributed by atoms with van der Waals surface area (Å²) in [4.78, 5) is 0. The molecule has 1 atom stereocenters. The average Bonchev–Trinajstić information content (AvgIpc) is 3.27. The lowest BCUT2D eigenvalue weighted by Crippen LogP contribution is -2.14. The molecular weight excluding hydrogens is 302 g/mol. The molecule has 1 saturated carbocycles. The number of hydrogen-bond acceptors (Lipinski definition) is 5. The average molecular weight is 321 g/mol. The first-order valence-corrected chi connectivity index (χ1v) is 8.98. The van der Waals surface area contributed by atoms with Crippen molar-refractivity contribution in [3.05, 3.63) is 41.7 Å². The number of rotatable bonds is 6. The van der Waals surface area contributed by atoms with Crippen molar-refractivity contribution < 1.29 is 13.2 Å². The maximum Gasteiger partial charge on any atom is 0.162 e. The van der Waals surface area contributed by atoms with Crippen molar-refractivity contribution in [3.63, 3.8) is 0 Å². The van der Waals surface area contributed by atoms with Gasteiger partial charge in [-0.3, -0.25) is 0 Å². The summed E-state index contributed by atoms with van der Waals surface area (Å²) >= 11 is 0. The Labute approximate surface area is 130 Å². The summed E-state index contributed by atoms with van der Waals surface area (Å²) in [5.74, 6) is 0.471. The molecule has 0 spiro atoms. The molecule has 3 rings (SSSR count). The first-order valence-electron chi connectivity index (χ1n) is 7.26. The molecule has 0 amide bonds. The molecule has 1 aliphatic carbocycles. The van der Waals surface area contributed by atoms with Crippen molar-refractivity contribution in [3.8, 4) is 5.75 Å². The van der Waals surface area contributed by atoms with Gasteiger partial charge in [0.25, 0.3) is 0 Å². The molecule has 22 heavy (non-hydrogen) atoms. The van der Waals surface area contributed by atoms with Crippen LogP contribution in [0.1, 0.15) is 42.3 Å². The Morgan fingerprint density at radius 3 is 2.77 bits per heavy atom. The van der Waals surface area contributed by atoms with Crippen molar-refractivity contribution in [2.24, 2.45) is 0 Å². The van der Waals surface area contributed by atoms with Crippen molar-refractivity contribution in [2.45, 2.75) is 36.8 Å². The minimum atomic E-state index is -3.39. The van der Waals surface area contributed by atoms with Crippen molar-refractivity contribution in [1.82, 2.24) is 15.0 Å². The maximum absolute atomic E-state index is 12.6. The van der Waals surface area contributed by atoms with E-state index >= 15 is 0 Å². The lowest BCUT2D eigenvalue weighted by Gasteiger charge is -2.15. The Hall–Kier alpha value is -1.89. The molecule has 6 nitrogen and oxygen atoms in total. The SMILES string of the molecule is COc1ccccc1C(C)S(=O)(=O)Cc1cn(C2CC2)nn1. The maximum atomic E-state index is 12.6. The van der Waals surface area contributed by atoms with Gasteiger partial charge in [0.2, 0.25) is 0 Å². The van der Waals surface area contributed by atoms with Crippen LogP contribution < -0.4 is 4.74 Å². The minimum Gasteiger partial charge on any atom is -0.496 e. The normalized spacial score (nSPS) is 16.5. The third kappa shape index (κ3) is 2.99. The van der Waals surface area contributed by atoms with E-state index in [-0.39, 0.29) is 5.75 Å². The number of ether oxygens (including phenoxy) is 1. The third-order valence-electron chi connectivity index (χ3n) is 3.94. The van der Waals surface area contributed by atoms with E-state index in [1.165, 1.54) is 0 Å². The minimum absolute atomic E-state index is 0.112. The van der Waals surface area contributed by atoms with Crippen molar-refractivity contribution >= 4 is 9.84 Å². The summed E-state index contributed by atoms with van der Waals surface area (Å²) in [5, 5.41) is 7.33. The van der Waals surface area contributed by atoms with Crippen LogP contribution in [0.2, 0.25) is 0 Å². The highest BCUT2D eigenvalue weighted by Crippen LogP contribution is 2.34. The fraction of sp³-hybridized carbons (Fsp3) is 0.467. The Morgan fingerprint density at radius 1 is 1.36 bits per heavy atom. The summed E-state index contributed by atoms with van der Waals surface area (Å²) in [5.41, 5.74) is 1.16. The molecule has 1 heterocycles. The molecule has 1 unspecified atom stereocenters. The summed E-state index contributed by atoms with van der Waals surface area (Å²) in [6.07, 6.45) is 3.92. The van der Waals surface area contributed by atoms with Gasteiger partial charge >= 0.3 is 0 Å². The van der Waals surface area contributed by atoms with Crippen LogP contribution in [0.15, 0.2) is 30.5 Å². The highest BCUT2D eigenvalue weighted by atomic mass is 32.2. The van der Waals surface area contributed by atoms with E-state index in [1.54, 1.807) is 37.0 Å². The number of hydrogen-bond donors (Lipinski definition) is 0. The summed E-state index contributed by atoms with van der Waals surface area (Å²) < 4.78 is 32.3. The topological polar surface area (TPSA) is 74.1 Å². The van der Waals surface area contributed by atoms with Crippen LogP contribution in [0.4, 0.5) is 0 Å². The van der Waals surface area contributed by atoms with E-state index in [0.717, 1.165) is 12.8 Å². The van der Waals surface area contributed by atoms with E-state index in [4.69, 9.17) is 4.74 Å². The number of aromatic nitrogens is 3. The fourth-order valence-corrected chi connectivity index (χ4v) is 3.80. The van der Waals surface area contributed by atoms with Gasteiger partial charge in [-0.1, -0.05) is 23.4 Å². The number of benzene rings is 1. The lowest BCUT2D eigenvalue weighted by atomic mass is 10.1. The fourth-order valence-electron chi connectivity index (χ4n) is 2.42. The van der Waals surface area contributed by atoms with Crippen LogP contribution in [-0.4, -0.2) is 30.5 Å². The van der Waals surface area contributed by atoms with Gasteiger partial charge in [-0.25, -0.2) is 13.1 Å². The Bertz CT molecular complexity index is 766. The Morgan fingerprint density at radius 2 is 2.09 bits per heavy atom. The number of para-hydroxylation sites is 1. The Balaban J connectivity index is 1.81. The molecule has 0 bridgehead atoms. The van der Waals surface area contributed by atoms with Gasteiger partial charge in [0.1, 0.15) is 5.75 Å². The Kier molecular flexibility index (Phi) is 3.90. The van der Waals surface area contributed by atoms with Gasteiger partial charge in [-0.2, -0.15) is 0 Å². The van der Waals surface area contributed by atoms with Gasteiger partial charge < -0.3 is 4.74 Å². The first-order chi connectivity index (χ1) is 10.5. The highest BCUT2D eigenvalue weighted by molar-refractivity contribution is 7.90. The second-order valence-electron chi connectivity index (χ2n) is 5.61. The van der Waals surface area contributed by atoms with Gasteiger partial charge in [0, 0.05) is 11.8 Å². The quantitative estimate of drug-likeness (QED) is 0.816. The van der Waals surface area contributed by atoms with Crippen molar-refractivity contribution in [1.29, 1.82) is 0 Å². The van der Waals surface area contributed by atoms with E-state index in [9.17, 15) is 8.42 Å². The molecule has 2 aromatic rings. The monoisotopic (exact) mass is 321 g/mol. The van der Waals surface area contributed by atoms with E-state index < -0.39 is 15.1 Å². The number of nitrogens with zero attached hydrogens (tertiary/aromatic N) is 3. The van der Waals surface area contributed by atoms with Crippen LogP contribution in [0.5, 0.6) is 5.75 Å². The second kappa shape index (κ2) is 5.72. The van der Waals surface area contributed by atoms with Gasteiger partial charge in [0.15, 0.2) is 9.84 Å². The largest absolute Gasteiger partial charge is 0.496 e. The van der Waals surface area contributed by atoms with Crippen LogP contribution >= 0.6 is 0 Å². The molecule has 1 fully saturated rings. The molecule has 118 valence electrons. The highest BCUT2D eigenvalue weighted by Gasteiger charge is 2.29. The zero-order valence-corrected chi connectivity index (χ0v) is 13.5. The van der Waals surface area contributed by atoms with Gasteiger partial charge in [-0.15, -0.1) is 5.10 Å². The zero-order chi connectivity index (χ0) is 15.7. The van der Waals surface area contributed by atoms with Crippen LogP contribution in [0, 0.1) is 0 Å². The predicted octanol–water partition coefficient (Wildman–Crippen LogP) is 2.30. The van der Waals surface area contributed by atoms with Crippen LogP contribution in [-0.2, 0) is 15.6 Å². The zero-order valence-electron chi connectivity index (χ0n) is 12.6. The van der Waals surface area contributed by atoms with Crippen molar-refractivity contribution in [2.75, 3.05) is 7.11 Å². The summed E-state index contributed by atoms with van der Waals surface area (Å²) in [6, 6.07) is 7.58. The van der Waals surface area contributed by atoms with E-state index in [1.807, 2.05) is 12.1 Å². The molecule has 7 heteroatoms. The number of sulfone groups is 1. The third-order valence-corrected chi connectivity index (χ3v) is 5.97. The van der Waals surface area contributed by atoms with Crippen LogP contribution in [0.25, 0.3) is 0 Å². The predicted molar refractivity (Wildman–Crippen MR) is 82.3 cm³/mol. The molecule has 0 aliphatic heterocycles. The molecular formula is C15H19N3O3S. The lowest BCUT2D eigenvalue weighted by molar-refractivity contribution is 0.409.